The summed E-state index contributed by atoms with van der Waals surface area (Å²) in [6.07, 6.45) is 0. The molecule has 0 heterocycles. The monoisotopic (exact) mass is 309 g/mol. The standard InChI is InChI=1S/C16H19NOS.ClH/c1-17(2)11-13-7-3-5-9-15(13)19-16-10-6-4-8-14(16)12-18;/h3-10,18H,11-12H2,1-2H3;1H. The second kappa shape index (κ2) is 8.32. The maximum absolute atomic E-state index is 9.39. The Morgan fingerprint density at radius 1 is 0.900 bits per heavy atom. The number of benzene rings is 2. The van der Waals surface area contributed by atoms with Crippen LogP contribution >= 0.6 is 24.2 Å². The number of rotatable bonds is 5. The number of halogens is 1. The largest absolute Gasteiger partial charge is 0.392 e. The molecular formula is C16H20ClNOS. The highest BCUT2D eigenvalue weighted by Crippen LogP contribution is 2.33. The van der Waals surface area contributed by atoms with Crippen LogP contribution in [0, 0.1) is 0 Å². The van der Waals surface area contributed by atoms with Gasteiger partial charge >= 0.3 is 0 Å². The fourth-order valence-electron chi connectivity index (χ4n) is 1.93. The van der Waals surface area contributed by atoms with E-state index < -0.39 is 0 Å². The van der Waals surface area contributed by atoms with Crippen LogP contribution in [0.5, 0.6) is 0 Å². The molecule has 0 aromatic heterocycles. The summed E-state index contributed by atoms with van der Waals surface area (Å²) in [5.41, 5.74) is 2.29. The number of hydrogen-bond donors (Lipinski definition) is 1. The van der Waals surface area contributed by atoms with E-state index >= 15 is 0 Å². The van der Waals surface area contributed by atoms with Crippen molar-refractivity contribution in [3.8, 4) is 0 Å². The smallest absolute Gasteiger partial charge is 0.0692 e. The fourth-order valence-corrected chi connectivity index (χ4v) is 2.98. The van der Waals surface area contributed by atoms with E-state index in [1.165, 1.54) is 10.5 Å². The van der Waals surface area contributed by atoms with E-state index in [-0.39, 0.29) is 19.0 Å². The summed E-state index contributed by atoms with van der Waals surface area (Å²) in [7, 11) is 4.15. The first-order valence-corrected chi connectivity index (χ1v) is 7.11. The number of aliphatic hydroxyl groups is 1. The molecule has 0 bridgehead atoms. The lowest BCUT2D eigenvalue weighted by Gasteiger charge is -2.14. The molecule has 0 saturated carbocycles. The Balaban J connectivity index is 0.00000200. The zero-order valence-corrected chi connectivity index (χ0v) is 13.4. The van der Waals surface area contributed by atoms with Gasteiger partial charge in [0.1, 0.15) is 0 Å². The lowest BCUT2D eigenvalue weighted by atomic mass is 10.2. The van der Waals surface area contributed by atoms with Gasteiger partial charge in [0.05, 0.1) is 6.61 Å². The molecule has 0 radical (unpaired) electrons. The molecule has 0 spiro atoms. The summed E-state index contributed by atoms with van der Waals surface area (Å²) in [4.78, 5) is 4.53. The maximum atomic E-state index is 9.39. The van der Waals surface area contributed by atoms with Crippen LogP contribution in [0.2, 0.25) is 0 Å². The lowest BCUT2D eigenvalue weighted by molar-refractivity contribution is 0.279. The second-order valence-corrected chi connectivity index (χ2v) is 5.80. The third kappa shape index (κ3) is 4.53. The Bertz CT molecular complexity index is 546. The summed E-state index contributed by atoms with van der Waals surface area (Å²) in [5.74, 6) is 0. The second-order valence-electron chi connectivity index (χ2n) is 4.71. The average Bonchev–Trinajstić information content (AvgIpc) is 2.41. The normalized spacial score (nSPS) is 10.4. The van der Waals surface area contributed by atoms with Crippen LogP contribution in [0.25, 0.3) is 0 Å². The van der Waals surface area contributed by atoms with Gasteiger partial charge in [-0.15, -0.1) is 12.4 Å². The maximum Gasteiger partial charge on any atom is 0.0692 e. The molecule has 0 saturated heterocycles. The predicted octanol–water partition coefficient (Wildman–Crippen LogP) is 3.81. The van der Waals surface area contributed by atoms with Gasteiger partial charge in [0.2, 0.25) is 0 Å². The van der Waals surface area contributed by atoms with Crippen LogP contribution in [-0.4, -0.2) is 24.1 Å². The van der Waals surface area contributed by atoms with Gasteiger partial charge in [-0.05, 0) is 37.4 Å². The van der Waals surface area contributed by atoms with Crippen LogP contribution in [0.1, 0.15) is 11.1 Å². The van der Waals surface area contributed by atoms with Crippen molar-refractivity contribution in [1.29, 1.82) is 0 Å². The van der Waals surface area contributed by atoms with Gasteiger partial charge in [-0.2, -0.15) is 0 Å². The zero-order valence-electron chi connectivity index (χ0n) is 11.7. The minimum atomic E-state index is 0. The molecule has 1 N–H and O–H groups in total. The Hall–Kier alpha value is -1.00. The van der Waals surface area contributed by atoms with Crippen molar-refractivity contribution < 1.29 is 5.11 Å². The molecule has 0 atom stereocenters. The molecule has 0 aliphatic rings. The zero-order chi connectivity index (χ0) is 13.7. The van der Waals surface area contributed by atoms with E-state index in [4.69, 9.17) is 0 Å². The van der Waals surface area contributed by atoms with Gasteiger partial charge in [0.25, 0.3) is 0 Å². The minimum absolute atomic E-state index is 0. The average molecular weight is 310 g/mol. The molecule has 2 nitrogen and oxygen atoms in total. The van der Waals surface area contributed by atoms with Crippen molar-refractivity contribution in [2.75, 3.05) is 14.1 Å². The fraction of sp³-hybridized carbons (Fsp3) is 0.250. The first-order valence-electron chi connectivity index (χ1n) is 6.30. The van der Waals surface area contributed by atoms with Gasteiger partial charge < -0.3 is 10.0 Å². The Kier molecular flexibility index (Phi) is 7.10. The van der Waals surface area contributed by atoms with Crippen molar-refractivity contribution in [2.45, 2.75) is 22.9 Å². The Labute approximate surface area is 131 Å². The molecule has 0 aliphatic heterocycles. The number of aliphatic hydroxyl groups excluding tert-OH is 1. The molecule has 0 aliphatic carbocycles. The summed E-state index contributed by atoms with van der Waals surface area (Å²) in [5, 5.41) is 9.39. The van der Waals surface area contributed by atoms with E-state index in [0.717, 1.165) is 17.0 Å². The lowest BCUT2D eigenvalue weighted by Crippen LogP contribution is -2.11. The SMILES string of the molecule is CN(C)Cc1ccccc1Sc1ccccc1CO.Cl. The van der Waals surface area contributed by atoms with Crippen molar-refractivity contribution in [3.05, 3.63) is 59.7 Å². The molecular weight excluding hydrogens is 290 g/mol. The van der Waals surface area contributed by atoms with E-state index in [2.05, 4.69) is 49.3 Å². The Morgan fingerprint density at radius 2 is 1.40 bits per heavy atom. The molecule has 0 amide bonds. The van der Waals surface area contributed by atoms with Crippen LogP contribution in [0.15, 0.2) is 58.3 Å². The molecule has 108 valence electrons. The third-order valence-electron chi connectivity index (χ3n) is 2.82. The van der Waals surface area contributed by atoms with E-state index in [0.29, 0.717) is 0 Å². The van der Waals surface area contributed by atoms with Crippen molar-refractivity contribution in [1.82, 2.24) is 4.90 Å². The number of nitrogens with zero attached hydrogens (tertiary/aromatic N) is 1. The van der Waals surface area contributed by atoms with Gasteiger partial charge in [-0.3, -0.25) is 0 Å². The molecule has 2 aromatic carbocycles. The molecule has 2 aromatic rings. The van der Waals surface area contributed by atoms with Crippen LogP contribution in [0.4, 0.5) is 0 Å². The minimum Gasteiger partial charge on any atom is -0.392 e. The highest BCUT2D eigenvalue weighted by Gasteiger charge is 2.07. The van der Waals surface area contributed by atoms with Crippen LogP contribution in [0.3, 0.4) is 0 Å². The highest BCUT2D eigenvalue weighted by molar-refractivity contribution is 7.99. The topological polar surface area (TPSA) is 23.5 Å². The summed E-state index contributed by atoms with van der Waals surface area (Å²) < 4.78 is 0. The van der Waals surface area contributed by atoms with E-state index in [9.17, 15) is 5.11 Å². The molecule has 2 rings (SSSR count). The van der Waals surface area contributed by atoms with Crippen molar-refractivity contribution in [2.24, 2.45) is 0 Å². The molecule has 20 heavy (non-hydrogen) atoms. The van der Waals surface area contributed by atoms with Crippen molar-refractivity contribution >= 4 is 24.2 Å². The van der Waals surface area contributed by atoms with Crippen molar-refractivity contribution in [3.63, 3.8) is 0 Å². The predicted molar refractivity (Wildman–Crippen MR) is 87.6 cm³/mol. The number of hydrogen-bond acceptors (Lipinski definition) is 3. The van der Waals surface area contributed by atoms with Gasteiger partial charge in [0.15, 0.2) is 0 Å². The third-order valence-corrected chi connectivity index (χ3v) is 4.06. The molecule has 4 heteroatoms. The van der Waals surface area contributed by atoms with E-state index in [1.54, 1.807) is 11.8 Å². The van der Waals surface area contributed by atoms with E-state index in [1.807, 2.05) is 18.2 Å². The quantitative estimate of drug-likeness (QED) is 0.908. The van der Waals surface area contributed by atoms with Crippen LogP contribution < -0.4 is 0 Å². The summed E-state index contributed by atoms with van der Waals surface area (Å²) >= 11 is 1.72. The Morgan fingerprint density at radius 3 is 1.95 bits per heavy atom. The first kappa shape index (κ1) is 17.1. The highest BCUT2D eigenvalue weighted by atomic mass is 35.5. The van der Waals surface area contributed by atoms with Gasteiger partial charge in [-0.25, -0.2) is 0 Å². The molecule has 0 unspecified atom stereocenters. The van der Waals surface area contributed by atoms with Gasteiger partial charge in [-0.1, -0.05) is 48.2 Å². The van der Waals surface area contributed by atoms with Crippen LogP contribution in [-0.2, 0) is 13.2 Å². The van der Waals surface area contributed by atoms with Gasteiger partial charge in [0, 0.05) is 16.3 Å². The summed E-state index contributed by atoms with van der Waals surface area (Å²) in [6, 6.07) is 16.4. The summed E-state index contributed by atoms with van der Waals surface area (Å²) in [6.45, 7) is 1.00. The molecule has 0 fully saturated rings. The first-order chi connectivity index (χ1) is 9.20.